The van der Waals surface area contributed by atoms with Crippen LogP contribution in [0.5, 0.6) is 0 Å². The number of hydrogen-bond donors (Lipinski definition) is 1. The van der Waals surface area contributed by atoms with E-state index in [1.807, 2.05) is 0 Å². The van der Waals surface area contributed by atoms with E-state index in [2.05, 4.69) is 39.6 Å². The minimum atomic E-state index is 0.0351. The molecule has 0 unspecified atom stereocenters. The topological polar surface area (TPSA) is 47.9 Å². The fourth-order valence-electron chi connectivity index (χ4n) is 2.52. The minimum Gasteiger partial charge on any atom is -0.356 e. The van der Waals surface area contributed by atoms with Crippen molar-refractivity contribution >= 4 is 23.2 Å². The van der Waals surface area contributed by atoms with E-state index in [9.17, 15) is 4.79 Å². The number of aliphatic imine (C=N–C) groups is 1. The molecule has 128 valence electrons. The van der Waals surface area contributed by atoms with Crippen molar-refractivity contribution in [2.75, 3.05) is 40.3 Å². The molecule has 1 amide bonds. The SMILES string of the molecule is CC1CCN(C(=NCC(=O)N(C)C)NCCc2cccs2)CC1. The van der Waals surface area contributed by atoms with Gasteiger partial charge in [-0.2, -0.15) is 0 Å². The molecule has 5 nitrogen and oxygen atoms in total. The Hall–Kier alpha value is -1.56. The molecule has 0 aliphatic carbocycles. The zero-order valence-electron chi connectivity index (χ0n) is 14.4. The van der Waals surface area contributed by atoms with Crippen molar-refractivity contribution in [2.45, 2.75) is 26.2 Å². The van der Waals surface area contributed by atoms with Crippen LogP contribution in [0.15, 0.2) is 22.5 Å². The van der Waals surface area contributed by atoms with E-state index in [0.717, 1.165) is 37.9 Å². The van der Waals surface area contributed by atoms with Crippen molar-refractivity contribution in [1.82, 2.24) is 15.1 Å². The number of likely N-dealkylation sites (tertiary alicyclic amines) is 1. The Morgan fingerprint density at radius 3 is 2.78 bits per heavy atom. The summed E-state index contributed by atoms with van der Waals surface area (Å²) < 4.78 is 0. The summed E-state index contributed by atoms with van der Waals surface area (Å²) in [6.07, 6.45) is 3.36. The summed E-state index contributed by atoms with van der Waals surface area (Å²) in [6.45, 7) is 5.39. The van der Waals surface area contributed by atoms with Gasteiger partial charge in [0.2, 0.25) is 5.91 Å². The molecule has 0 saturated carbocycles. The van der Waals surface area contributed by atoms with Gasteiger partial charge >= 0.3 is 0 Å². The maximum absolute atomic E-state index is 11.8. The Morgan fingerprint density at radius 2 is 2.17 bits per heavy atom. The molecule has 0 atom stereocenters. The van der Waals surface area contributed by atoms with Crippen LogP contribution in [0.3, 0.4) is 0 Å². The predicted molar refractivity (Wildman–Crippen MR) is 97.0 cm³/mol. The largest absolute Gasteiger partial charge is 0.356 e. The van der Waals surface area contributed by atoms with Gasteiger partial charge < -0.3 is 15.1 Å². The third-order valence-corrected chi connectivity index (χ3v) is 5.12. The number of amides is 1. The molecule has 23 heavy (non-hydrogen) atoms. The maximum atomic E-state index is 11.8. The van der Waals surface area contributed by atoms with Crippen LogP contribution in [0.1, 0.15) is 24.6 Å². The molecule has 1 saturated heterocycles. The van der Waals surface area contributed by atoms with Gasteiger partial charge in [0.1, 0.15) is 6.54 Å². The second-order valence-corrected chi connectivity index (χ2v) is 7.39. The molecular formula is C17H28N4OS. The lowest BCUT2D eigenvalue weighted by Crippen LogP contribution is -2.46. The van der Waals surface area contributed by atoms with Crippen LogP contribution in [0, 0.1) is 5.92 Å². The van der Waals surface area contributed by atoms with Crippen molar-refractivity contribution in [2.24, 2.45) is 10.9 Å². The number of piperidine rings is 1. The second-order valence-electron chi connectivity index (χ2n) is 6.35. The van der Waals surface area contributed by atoms with Crippen molar-refractivity contribution in [3.8, 4) is 0 Å². The van der Waals surface area contributed by atoms with Crippen LogP contribution in [0.2, 0.25) is 0 Å². The number of thiophene rings is 1. The van der Waals surface area contributed by atoms with Gasteiger partial charge in [-0.05, 0) is 36.6 Å². The molecule has 1 aliphatic rings. The van der Waals surface area contributed by atoms with Gasteiger partial charge in [-0.1, -0.05) is 13.0 Å². The summed E-state index contributed by atoms with van der Waals surface area (Å²) >= 11 is 1.78. The number of nitrogens with one attached hydrogen (secondary N) is 1. The van der Waals surface area contributed by atoms with E-state index in [0.29, 0.717) is 0 Å². The van der Waals surface area contributed by atoms with E-state index in [1.165, 1.54) is 17.7 Å². The van der Waals surface area contributed by atoms with Crippen molar-refractivity contribution < 1.29 is 4.79 Å². The molecule has 1 N–H and O–H groups in total. The van der Waals surface area contributed by atoms with Crippen molar-refractivity contribution in [3.05, 3.63) is 22.4 Å². The third-order valence-electron chi connectivity index (χ3n) is 4.18. The van der Waals surface area contributed by atoms with Crippen LogP contribution < -0.4 is 5.32 Å². The standard InChI is InChI=1S/C17H28N4OS/c1-14-7-10-21(11-8-14)17(19-13-16(22)20(2)3)18-9-6-15-5-4-12-23-15/h4-5,12,14H,6-11,13H2,1-3H3,(H,18,19). The van der Waals surface area contributed by atoms with Crippen LogP contribution in [-0.2, 0) is 11.2 Å². The van der Waals surface area contributed by atoms with Gasteiger partial charge in [-0.25, -0.2) is 4.99 Å². The normalized spacial score (nSPS) is 16.5. The van der Waals surface area contributed by atoms with E-state index >= 15 is 0 Å². The number of nitrogens with zero attached hydrogens (tertiary/aromatic N) is 3. The molecule has 0 aromatic carbocycles. The number of carbonyl (C=O) groups is 1. The lowest BCUT2D eigenvalue weighted by molar-refractivity contribution is -0.127. The molecule has 0 bridgehead atoms. The summed E-state index contributed by atoms with van der Waals surface area (Å²) in [5, 5.41) is 5.55. The van der Waals surface area contributed by atoms with E-state index in [4.69, 9.17) is 0 Å². The first kappa shape index (κ1) is 17.8. The Kier molecular flexibility index (Phi) is 6.89. The molecule has 1 aromatic heterocycles. The van der Waals surface area contributed by atoms with Gasteiger partial charge in [0.05, 0.1) is 0 Å². The highest BCUT2D eigenvalue weighted by molar-refractivity contribution is 7.09. The molecule has 1 aromatic rings. The van der Waals surface area contributed by atoms with Crippen LogP contribution >= 0.6 is 11.3 Å². The third kappa shape index (κ3) is 5.86. The Bertz CT molecular complexity index is 505. The Labute approximate surface area is 143 Å². The highest BCUT2D eigenvalue weighted by Crippen LogP contribution is 2.16. The lowest BCUT2D eigenvalue weighted by Gasteiger charge is -2.33. The number of likely N-dealkylation sites (N-methyl/N-ethyl adjacent to an activating group) is 1. The van der Waals surface area contributed by atoms with Gasteiger partial charge in [-0.15, -0.1) is 11.3 Å². The predicted octanol–water partition coefficient (Wildman–Crippen LogP) is 2.06. The number of rotatable bonds is 5. The molecule has 1 fully saturated rings. The molecule has 1 aliphatic heterocycles. The molecular weight excluding hydrogens is 308 g/mol. The van der Waals surface area contributed by atoms with Crippen molar-refractivity contribution in [1.29, 1.82) is 0 Å². The summed E-state index contributed by atoms with van der Waals surface area (Å²) in [7, 11) is 3.54. The molecule has 0 spiro atoms. The zero-order chi connectivity index (χ0) is 16.7. The molecule has 2 rings (SSSR count). The van der Waals surface area contributed by atoms with Gasteiger partial charge in [0.15, 0.2) is 5.96 Å². The average Bonchev–Trinajstić information content (AvgIpc) is 3.04. The number of carbonyl (C=O) groups excluding carboxylic acids is 1. The van der Waals surface area contributed by atoms with E-state index in [-0.39, 0.29) is 12.5 Å². The second kappa shape index (κ2) is 8.91. The number of guanidine groups is 1. The first-order valence-corrected chi connectivity index (χ1v) is 9.20. The molecule has 0 radical (unpaired) electrons. The average molecular weight is 337 g/mol. The van der Waals surface area contributed by atoms with Crippen LogP contribution in [-0.4, -0.2) is 61.9 Å². The first-order chi connectivity index (χ1) is 11.1. The molecule has 2 heterocycles. The monoisotopic (exact) mass is 336 g/mol. The lowest BCUT2D eigenvalue weighted by atomic mass is 10.00. The van der Waals surface area contributed by atoms with Gasteiger partial charge in [0, 0.05) is 38.6 Å². The van der Waals surface area contributed by atoms with Gasteiger partial charge in [0.25, 0.3) is 0 Å². The van der Waals surface area contributed by atoms with Crippen molar-refractivity contribution in [3.63, 3.8) is 0 Å². The highest BCUT2D eigenvalue weighted by atomic mass is 32.1. The van der Waals surface area contributed by atoms with E-state index in [1.54, 1.807) is 30.3 Å². The van der Waals surface area contributed by atoms with E-state index < -0.39 is 0 Å². The maximum Gasteiger partial charge on any atom is 0.243 e. The summed E-state index contributed by atoms with van der Waals surface area (Å²) in [4.78, 5) is 21.6. The van der Waals surface area contributed by atoms with Crippen LogP contribution in [0.4, 0.5) is 0 Å². The fourth-order valence-corrected chi connectivity index (χ4v) is 3.23. The smallest absolute Gasteiger partial charge is 0.243 e. The summed E-state index contributed by atoms with van der Waals surface area (Å²) in [6, 6.07) is 4.23. The fraction of sp³-hybridized carbons (Fsp3) is 0.647. The summed E-state index contributed by atoms with van der Waals surface area (Å²) in [5.41, 5.74) is 0. The minimum absolute atomic E-state index is 0.0351. The number of hydrogen-bond acceptors (Lipinski definition) is 3. The quantitative estimate of drug-likeness (QED) is 0.661. The van der Waals surface area contributed by atoms with Gasteiger partial charge in [-0.3, -0.25) is 4.79 Å². The Balaban J connectivity index is 1.92. The first-order valence-electron chi connectivity index (χ1n) is 8.32. The molecule has 6 heteroatoms. The Morgan fingerprint density at radius 1 is 1.43 bits per heavy atom. The zero-order valence-corrected chi connectivity index (χ0v) is 15.2. The highest BCUT2D eigenvalue weighted by Gasteiger charge is 2.19. The van der Waals surface area contributed by atoms with Crippen LogP contribution in [0.25, 0.3) is 0 Å². The summed E-state index contributed by atoms with van der Waals surface area (Å²) in [5.74, 6) is 1.69.